The monoisotopic (exact) mass is 406 g/mol. The first-order valence-electron chi connectivity index (χ1n) is 6.65. The fraction of sp³-hybridized carbons (Fsp3) is 0.714. The number of halogens is 2. The second-order valence-electron chi connectivity index (χ2n) is 5.68. The Morgan fingerprint density at radius 1 is 0.850 bits per heavy atom. The molecular formula is C14H16Br2O4. The zero-order valence-electron chi connectivity index (χ0n) is 11.2. The van der Waals surface area contributed by atoms with Crippen molar-refractivity contribution in [2.75, 3.05) is 14.2 Å². The molecule has 4 aliphatic rings. The first-order valence-corrected chi connectivity index (χ1v) is 8.48. The van der Waals surface area contributed by atoms with Crippen LogP contribution in [0.2, 0.25) is 0 Å². The molecule has 4 nitrogen and oxygen atoms in total. The lowest BCUT2D eigenvalue weighted by Gasteiger charge is -2.61. The normalized spacial score (nSPS) is 48.2. The van der Waals surface area contributed by atoms with E-state index in [1.165, 1.54) is 14.2 Å². The van der Waals surface area contributed by atoms with Crippen LogP contribution in [0.5, 0.6) is 0 Å². The molecule has 0 radical (unpaired) electrons. The van der Waals surface area contributed by atoms with Crippen molar-refractivity contribution in [3.63, 3.8) is 0 Å². The van der Waals surface area contributed by atoms with Crippen LogP contribution < -0.4 is 0 Å². The van der Waals surface area contributed by atoms with Gasteiger partial charge >= 0.3 is 11.9 Å². The maximum atomic E-state index is 12.2. The Hall–Kier alpha value is -0.360. The first kappa shape index (κ1) is 14.6. The number of ether oxygens (including phenoxy) is 2. The molecule has 0 aromatic carbocycles. The minimum Gasteiger partial charge on any atom is -0.469 e. The van der Waals surface area contributed by atoms with Gasteiger partial charge in [-0.1, -0.05) is 44.0 Å². The number of hydrogen-bond donors (Lipinski definition) is 0. The number of allylic oxidation sites excluding steroid dienone is 2. The van der Waals surface area contributed by atoms with Gasteiger partial charge in [0.05, 0.1) is 26.1 Å². The van der Waals surface area contributed by atoms with Gasteiger partial charge in [0.1, 0.15) is 0 Å². The maximum Gasteiger partial charge on any atom is 0.310 e. The molecule has 20 heavy (non-hydrogen) atoms. The highest BCUT2D eigenvalue weighted by Gasteiger charge is 2.65. The Morgan fingerprint density at radius 2 is 1.20 bits per heavy atom. The van der Waals surface area contributed by atoms with E-state index in [-0.39, 0.29) is 23.8 Å². The first-order chi connectivity index (χ1) is 9.52. The number of alkyl halides is 2. The third-order valence-electron chi connectivity index (χ3n) is 5.09. The summed E-state index contributed by atoms with van der Waals surface area (Å²) in [7, 11) is 2.75. The van der Waals surface area contributed by atoms with Crippen LogP contribution in [0.4, 0.5) is 0 Å². The number of fused-ring (bicyclic) bond motifs is 1. The molecule has 110 valence electrons. The molecule has 4 aliphatic carbocycles. The number of methoxy groups -OCH3 is 2. The number of carbonyl (C=O) groups is 2. The number of carbonyl (C=O) groups excluding carboxylic acids is 2. The zero-order valence-corrected chi connectivity index (χ0v) is 14.3. The van der Waals surface area contributed by atoms with Crippen molar-refractivity contribution in [2.45, 2.75) is 9.65 Å². The SMILES string of the molecule is COC(=O)[C@@H]1[C@@H]2C=C[C@H]([C@@H]1C(=O)OC)[C@H]1[C@H](Br)[C@@H](Br)[C@@H]21. The highest BCUT2D eigenvalue weighted by molar-refractivity contribution is 9.12. The number of hydrogen-bond acceptors (Lipinski definition) is 4. The quantitative estimate of drug-likeness (QED) is 0.400. The van der Waals surface area contributed by atoms with E-state index in [4.69, 9.17) is 9.47 Å². The molecule has 0 unspecified atom stereocenters. The van der Waals surface area contributed by atoms with E-state index in [0.717, 1.165) is 0 Å². The summed E-state index contributed by atoms with van der Waals surface area (Å²) in [6.07, 6.45) is 4.17. The van der Waals surface area contributed by atoms with Crippen molar-refractivity contribution in [2.24, 2.45) is 35.5 Å². The van der Waals surface area contributed by atoms with E-state index in [1.807, 2.05) is 0 Å². The Bertz CT molecular complexity index is 436. The average Bonchev–Trinajstić information content (AvgIpc) is 2.50. The lowest BCUT2D eigenvalue weighted by molar-refractivity contribution is -0.172. The van der Waals surface area contributed by atoms with Crippen LogP contribution in [0.1, 0.15) is 0 Å². The average molecular weight is 408 g/mol. The van der Waals surface area contributed by atoms with E-state index in [2.05, 4.69) is 44.0 Å². The molecule has 0 amide bonds. The van der Waals surface area contributed by atoms with E-state index in [0.29, 0.717) is 21.5 Å². The molecule has 2 bridgehead atoms. The summed E-state index contributed by atoms with van der Waals surface area (Å²) < 4.78 is 9.86. The molecular weight excluding hydrogens is 392 g/mol. The van der Waals surface area contributed by atoms with Gasteiger partial charge in [-0.25, -0.2) is 0 Å². The minimum atomic E-state index is -0.427. The van der Waals surface area contributed by atoms with Gasteiger partial charge in [-0.05, 0) is 23.7 Å². The van der Waals surface area contributed by atoms with E-state index < -0.39 is 11.8 Å². The van der Waals surface area contributed by atoms with Crippen LogP contribution in [-0.2, 0) is 19.1 Å². The van der Waals surface area contributed by atoms with Gasteiger partial charge in [-0.15, -0.1) is 0 Å². The van der Waals surface area contributed by atoms with Gasteiger partial charge in [0, 0.05) is 9.65 Å². The summed E-state index contributed by atoms with van der Waals surface area (Å²) in [4.78, 5) is 25.0. The van der Waals surface area contributed by atoms with Crippen LogP contribution in [0, 0.1) is 35.5 Å². The molecule has 0 N–H and O–H groups in total. The molecule has 4 rings (SSSR count). The third-order valence-corrected chi connectivity index (χ3v) is 8.16. The summed E-state index contributed by atoms with van der Waals surface area (Å²) in [5.74, 6) is -0.641. The third kappa shape index (κ3) is 1.76. The fourth-order valence-corrected chi connectivity index (χ4v) is 6.35. The molecule has 6 heteroatoms. The van der Waals surface area contributed by atoms with Crippen molar-refractivity contribution < 1.29 is 19.1 Å². The Balaban J connectivity index is 2.00. The van der Waals surface area contributed by atoms with Crippen molar-refractivity contribution in [1.29, 1.82) is 0 Å². The molecule has 2 saturated carbocycles. The molecule has 0 heterocycles. The van der Waals surface area contributed by atoms with Crippen LogP contribution in [0.25, 0.3) is 0 Å². The smallest absolute Gasteiger partial charge is 0.310 e. The number of rotatable bonds is 2. The maximum absolute atomic E-state index is 12.2. The number of esters is 2. The molecule has 0 aliphatic heterocycles. The van der Waals surface area contributed by atoms with Gasteiger partial charge < -0.3 is 9.47 Å². The van der Waals surface area contributed by atoms with Crippen molar-refractivity contribution in [3.8, 4) is 0 Å². The van der Waals surface area contributed by atoms with Gasteiger partial charge in [-0.2, -0.15) is 0 Å². The summed E-state index contributed by atoms with van der Waals surface area (Å²) >= 11 is 7.39. The molecule has 0 spiro atoms. The Labute approximate surface area is 134 Å². The summed E-state index contributed by atoms with van der Waals surface area (Å²) in [6.45, 7) is 0. The van der Waals surface area contributed by atoms with Crippen molar-refractivity contribution in [3.05, 3.63) is 12.2 Å². The molecule has 2 fully saturated rings. The Kier molecular flexibility index (Phi) is 3.73. The lowest BCUT2D eigenvalue weighted by atomic mass is 9.46. The van der Waals surface area contributed by atoms with Crippen LogP contribution in [0.15, 0.2) is 12.2 Å². The zero-order chi connectivity index (χ0) is 14.6. The molecule has 0 saturated heterocycles. The second-order valence-corrected chi connectivity index (χ2v) is 7.80. The van der Waals surface area contributed by atoms with Crippen molar-refractivity contribution >= 4 is 43.8 Å². The molecule has 0 aromatic heterocycles. The fourth-order valence-electron chi connectivity index (χ4n) is 4.23. The van der Waals surface area contributed by atoms with E-state index in [1.54, 1.807) is 0 Å². The van der Waals surface area contributed by atoms with Crippen molar-refractivity contribution in [1.82, 2.24) is 0 Å². The van der Waals surface area contributed by atoms with E-state index >= 15 is 0 Å². The van der Waals surface area contributed by atoms with E-state index in [9.17, 15) is 9.59 Å². The van der Waals surface area contributed by atoms with Gasteiger partial charge in [0.2, 0.25) is 0 Å². The summed E-state index contributed by atoms with van der Waals surface area (Å²) in [6, 6.07) is 0. The second kappa shape index (κ2) is 5.13. The van der Waals surface area contributed by atoms with Gasteiger partial charge in [0.25, 0.3) is 0 Å². The largest absolute Gasteiger partial charge is 0.469 e. The van der Waals surface area contributed by atoms with Gasteiger partial charge in [0.15, 0.2) is 0 Å². The minimum absolute atomic E-state index is 0.0414. The van der Waals surface area contributed by atoms with Crippen LogP contribution in [-0.4, -0.2) is 35.8 Å². The Morgan fingerprint density at radius 3 is 1.50 bits per heavy atom. The highest BCUT2D eigenvalue weighted by atomic mass is 79.9. The predicted octanol–water partition coefficient (Wildman–Crippen LogP) is 2.15. The van der Waals surface area contributed by atoms with Crippen LogP contribution in [0.3, 0.4) is 0 Å². The summed E-state index contributed by atoms with van der Waals surface area (Å²) in [5, 5.41) is 0. The standard InChI is InChI=1S/C14H16Br2O4/c1-19-13(17)9-5-3-4-6(10(9)14(18)20-2)8-7(5)11(15)12(8)16/h3-12H,1-2H3/t5-,6+,7+,8-,9-,10+,11-,12-/m0/s1. The predicted molar refractivity (Wildman–Crippen MR) is 79.5 cm³/mol. The topological polar surface area (TPSA) is 52.6 Å². The van der Waals surface area contributed by atoms with Crippen LogP contribution >= 0.6 is 31.9 Å². The van der Waals surface area contributed by atoms with Gasteiger partial charge in [-0.3, -0.25) is 9.59 Å². The summed E-state index contributed by atoms with van der Waals surface area (Å²) in [5.41, 5.74) is 0. The molecule has 0 aromatic rings. The highest BCUT2D eigenvalue weighted by Crippen LogP contribution is 2.63. The lowest BCUT2D eigenvalue weighted by Crippen LogP contribution is -2.66. The molecule has 8 atom stereocenters.